The molecule has 1 aromatic rings. The van der Waals surface area contributed by atoms with Crippen molar-refractivity contribution in [2.75, 3.05) is 25.0 Å². The van der Waals surface area contributed by atoms with Crippen molar-refractivity contribution in [2.45, 2.75) is 31.5 Å². The van der Waals surface area contributed by atoms with E-state index in [1.165, 1.54) is 6.07 Å². The lowest BCUT2D eigenvalue weighted by atomic mass is 9.94. The van der Waals surface area contributed by atoms with Crippen LogP contribution in [0.25, 0.3) is 0 Å². The highest BCUT2D eigenvalue weighted by molar-refractivity contribution is 5.56. The zero-order chi connectivity index (χ0) is 13.5. The minimum absolute atomic E-state index is 0.140. The van der Waals surface area contributed by atoms with E-state index in [-0.39, 0.29) is 6.04 Å². The molecule has 0 spiro atoms. The van der Waals surface area contributed by atoms with E-state index in [2.05, 4.69) is 10.2 Å². The number of likely N-dealkylation sites (tertiary alicyclic amines) is 1. The van der Waals surface area contributed by atoms with Gasteiger partial charge in [0.2, 0.25) is 0 Å². The zero-order valence-electron chi connectivity index (χ0n) is 10.6. The van der Waals surface area contributed by atoms with Crippen molar-refractivity contribution < 1.29 is 13.2 Å². The van der Waals surface area contributed by atoms with Gasteiger partial charge < -0.3 is 5.32 Å². The number of benzene rings is 1. The Labute approximate surface area is 110 Å². The molecule has 0 aromatic heterocycles. The largest absolute Gasteiger partial charge is 0.416 e. The van der Waals surface area contributed by atoms with Crippen LogP contribution in [0.1, 0.15) is 36.4 Å². The number of alkyl halides is 3. The Balaban J connectivity index is 1.97. The minimum Gasteiger partial charge on any atom is -0.385 e. The van der Waals surface area contributed by atoms with Gasteiger partial charge in [0.25, 0.3) is 0 Å². The molecule has 5 heteroatoms. The topological polar surface area (TPSA) is 15.3 Å². The first-order valence-corrected chi connectivity index (χ1v) is 6.75. The lowest BCUT2D eigenvalue weighted by molar-refractivity contribution is -0.137. The maximum Gasteiger partial charge on any atom is 0.416 e. The summed E-state index contributed by atoms with van der Waals surface area (Å²) >= 11 is 0. The number of fused-ring (bicyclic) bond motifs is 1. The molecule has 0 bridgehead atoms. The maximum atomic E-state index is 12.8. The molecule has 0 aliphatic carbocycles. The molecule has 19 heavy (non-hydrogen) atoms. The molecule has 1 saturated heterocycles. The van der Waals surface area contributed by atoms with Gasteiger partial charge in [0.1, 0.15) is 0 Å². The van der Waals surface area contributed by atoms with E-state index in [0.717, 1.165) is 56.2 Å². The van der Waals surface area contributed by atoms with Gasteiger partial charge in [0, 0.05) is 18.3 Å². The van der Waals surface area contributed by atoms with E-state index in [0.29, 0.717) is 0 Å². The van der Waals surface area contributed by atoms with E-state index in [1.807, 2.05) is 0 Å². The Hall–Kier alpha value is -1.23. The highest BCUT2D eigenvalue weighted by atomic mass is 19.4. The molecule has 1 fully saturated rings. The third kappa shape index (κ3) is 2.43. The fraction of sp³-hybridized carbons (Fsp3) is 0.571. The van der Waals surface area contributed by atoms with Crippen molar-refractivity contribution >= 4 is 5.69 Å². The molecule has 1 N–H and O–H groups in total. The third-order valence-electron chi connectivity index (χ3n) is 4.05. The van der Waals surface area contributed by atoms with Crippen LogP contribution in [-0.4, -0.2) is 24.5 Å². The van der Waals surface area contributed by atoms with Crippen molar-refractivity contribution in [3.05, 3.63) is 29.3 Å². The smallest absolute Gasteiger partial charge is 0.385 e. The van der Waals surface area contributed by atoms with Crippen molar-refractivity contribution in [3.8, 4) is 0 Å². The van der Waals surface area contributed by atoms with Gasteiger partial charge in [-0.25, -0.2) is 0 Å². The molecule has 1 atom stereocenters. The Morgan fingerprint density at radius 2 is 1.89 bits per heavy atom. The molecule has 2 nitrogen and oxygen atoms in total. The second-order valence-electron chi connectivity index (χ2n) is 5.27. The number of anilines is 1. The second kappa shape index (κ2) is 4.71. The molecule has 2 heterocycles. The maximum absolute atomic E-state index is 12.8. The molecule has 2 aliphatic heterocycles. The SMILES string of the molecule is FC(F)(F)c1ccc2c(c1)[C@H](N1CCCC1)CCN2. The molecule has 0 amide bonds. The zero-order valence-corrected chi connectivity index (χ0v) is 10.6. The first-order valence-electron chi connectivity index (χ1n) is 6.75. The van der Waals surface area contributed by atoms with Crippen molar-refractivity contribution in [1.29, 1.82) is 0 Å². The van der Waals surface area contributed by atoms with Gasteiger partial charge in [-0.3, -0.25) is 4.90 Å². The molecule has 3 rings (SSSR count). The highest BCUT2D eigenvalue weighted by Gasteiger charge is 2.34. The molecule has 0 unspecified atom stereocenters. The van der Waals surface area contributed by atoms with Crippen LogP contribution in [-0.2, 0) is 6.18 Å². The van der Waals surface area contributed by atoms with Gasteiger partial charge in [-0.1, -0.05) is 0 Å². The van der Waals surface area contributed by atoms with E-state index < -0.39 is 11.7 Å². The van der Waals surface area contributed by atoms with Crippen molar-refractivity contribution in [2.24, 2.45) is 0 Å². The summed E-state index contributed by atoms with van der Waals surface area (Å²) in [7, 11) is 0. The number of hydrogen-bond acceptors (Lipinski definition) is 2. The van der Waals surface area contributed by atoms with Crippen LogP contribution in [0.4, 0.5) is 18.9 Å². The monoisotopic (exact) mass is 270 g/mol. The third-order valence-corrected chi connectivity index (χ3v) is 4.05. The predicted molar refractivity (Wildman–Crippen MR) is 68.1 cm³/mol. The van der Waals surface area contributed by atoms with Crippen LogP contribution in [0.3, 0.4) is 0 Å². The summed E-state index contributed by atoms with van der Waals surface area (Å²) < 4.78 is 38.5. The number of hydrogen-bond donors (Lipinski definition) is 1. The number of halogens is 3. The summed E-state index contributed by atoms with van der Waals surface area (Å²) in [6.45, 7) is 2.83. The summed E-state index contributed by atoms with van der Waals surface area (Å²) in [5.41, 5.74) is 1.12. The van der Waals surface area contributed by atoms with Gasteiger partial charge in [-0.2, -0.15) is 13.2 Å². The van der Waals surface area contributed by atoms with Crippen LogP contribution in [0.2, 0.25) is 0 Å². The first-order chi connectivity index (χ1) is 9.05. The molecular formula is C14H17F3N2. The van der Waals surface area contributed by atoms with E-state index in [1.54, 1.807) is 6.07 Å². The lowest BCUT2D eigenvalue weighted by Crippen LogP contribution is -2.31. The van der Waals surface area contributed by atoms with Crippen LogP contribution in [0.5, 0.6) is 0 Å². The van der Waals surface area contributed by atoms with Crippen LogP contribution in [0.15, 0.2) is 18.2 Å². The fourth-order valence-electron chi connectivity index (χ4n) is 3.11. The average molecular weight is 270 g/mol. The molecule has 1 aromatic carbocycles. The Kier molecular flexibility index (Phi) is 3.17. The number of nitrogens with zero attached hydrogens (tertiary/aromatic N) is 1. The van der Waals surface area contributed by atoms with E-state index >= 15 is 0 Å². The lowest BCUT2D eigenvalue weighted by Gasteiger charge is -2.34. The summed E-state index contributed by atoms with van der Waals surface area (Å²) in [5, 5.41) is 3.20. The van der Waals surface area contributed by atoms with E-state index in [4.69, 9.17) is 0 Å². The van der Waals surface area contributed by atoms with Gasteiger partial charge in [0.05, 0.1) is 5.56 Å². The van der Waals surface area contributed by atoms with Crippen LogP contribution in [0, 0.1) is 0 Å². The Morgan fingerprint density at radius 3 is 2.58 bits per heavy atom. The molecule has 104 valence electrons. The minimum atomic E-state index is -4.26. The normalized spacial score (nSPS) is 24.1. The number of rotatable bonds is 1. The quantitative estimate of drug-likeness (QED) is 0.837. The first kappa shape index (κ1) is 12.8. The molecule has 0 saturated carbocycles. The molecule has 2 aliphatic rings. The van der Waals surface area contributed by atoms with Crippen LogP contribution < -0.4 is 5.32 Å². The Morgan fingerprint density at radius 1 is 1.16 bits per heavy atom. The molecule has 0 radical (unpaired) electrons. The van der Waals surface area contributed by atoms with Gasteiger partial charge in [0.15, 0.2) is 0 Å². The summed E-state index contributed by atoms with van der Waals surface area (Å²) in [5.74, 6) is 0. The second-order valence-corrected chi connectivity index (χ2v) is 5.27. The molecular weight excluding hydrogens is 253 g/mol. The van der Waals surface area contributed by atoms with Crippen LogP contribution >= 0.6 is 0 Å². The highest BCUT2D eigenvalue weighted by Crippen LogP contribution is 2.39. The standard InChI is InChI=1S/C14H17F3N2/c15-14(16,17)10-3-4-12-11(9-10)13(5-6-18-12)19-7-1-2-8-19/h3-4,9,13,18H,1-2,5-8H2/t13-/m1/s1. The van der Waals surface area contributed by atoms with Crippen molar-refractivity contribution in [1.82, 2.24) is 4.90 Å². The van der Waals surface area contributed by atoms with E-state index in [9.17, 15) is 13.2 Å². The summed E-state index contributed by atoms with van der Waals surface area (Å²) in [6.07, 6.45) is -1.08. The summed E-state index contributed by atoms with van der Waals surface area (Å²) in [4.78, 5) is 2.32. The number of nitrogens with one attached hydrogen (secondary N) is 1. The Bertz CT molecular complexity index is 464. The van der Waals surface area contributed by atoms with Gasteiger partial charge >= 0.3 is 6.18 Å². The summed E-state index contributed by atoms with van der Waals surface area (Å²) in [6, 6.07) is 4.20. The fourth-order valence-corrected chi connectivity index (χ4v) is 3.11. The van der Waals surface area contributed by atoms with Crippen molar-refractivity contribution in [3.63, 3.8) is 0 Å². The predicted octanol–water partition coefficient (Wildman–Crippen LogP) is 3.66. The average Bonchev–Trinajstić information content (AvgIpc) is 2.90. The van der Waals surface area contributed by atoms with Gasteiger partial charge in [-0.05, 0) is 56.1 Å². The van der Waals surface area contributed by atoms with Gasteiger partial charge in [-0.15, -0.1) is 0 Å².